The van der Waals surface area contributed by atoms with Gasteiger partial charge >= 0.3 is 0 Å². The molecule has 0 saturated carbocycles. The fourth-order valence-corrected chi connectivity index (χ4v) is 15.4. The van der Waals surface area contributed by atoms with E-state index in [1.54, 1.807) is 0 Å². The summed E-state index contributed by atoms with van der Waals surface area (Å²) in [5.41, 5.74) is 17.1. The number of rotatable bonds is 8. The molecule has 0 unspecified atom stereocenters. The first-order chi connectivity index (χ1) is 39.0. The third-order valence-electron chi connectivity index (χ3n) is 17.1. The molecule has 17 rings (SSSR count). The van der Waals surface area contributed by atoms with Crippen molar-refractivity contribution in [2.75, 3.05) is 47.3 Å². The molecule has 80 heavy (non-hydrogen) atoms. The molecule has 6 nitrogen and oxygen atoms in total. The lowest BCUT2D eigenvalue weighted by molar-refractivity contribution is 0.669. The minimum absolute atomic E-state index is 0.871. The van der Waals surface area contributed by atoms with Gasteiger partial charge in [0.15, 0.2) is 11.2 Å². The van der Waals surface area contributed by atoms with Gasteiger partial charge in [0.05, 0.1) is 55.8 Å². The third kappa shape index (κ3) is 6.28. The molecule has 0 radical (unpaired) electrons. The van der Waals surface area contributed by atoms with Crippen LogP contribution >= 0.6 is 20.1 Å². The number of hydrogen-bond donors (Lipinski definition) is 0. The van der Waals surface area contributed by atoms with Gasteiger partial charge in [-0.3, -0.25) is 0 Å². The molecule has 0 aliphatic carbocycles. The minimum atomic E-state index is -0.953. The SMILES string of the molecule is CS(C)(C)c1ccc(N(c2cccc3c2oc2ccccc23)c2ccc3c4cc5c(cc4n4c6ccccc6c2c34)c2ccc(N(c3ccc(S(C)(C)C)cc3)c3cccc4c3oc3ccccc34)c3c4ccccc4n5c23)cc1. The highest BCUT2D eigenvalue weighted by Crippen LogP contribution is 2.55. The van der Waals surface area contributed by atoms with Crippen molar-refractivity contribution in [3.63, 3.8) is 0 Å². The molecule has 0 aliphatic rings. The van der Waals surface area contributed by atoms with Crippen LogP contribution in [0.1, 0.15) is 0 Å². The molecule has 0 N–H and O–H groups in total. The highest BCUT2D eigenvalue weighted by molar-refractivity contribution is 8.32. The van der Waals surface area contributed by atoms with Gasteiger partial charge in [-0.25, -0.2) is 20.1 Å². The van der Waals surface area contributed by atoms with Crippen LogP contribution in [0.2, 0.25) is 0 Å². The Kier molecular flexibility index (Phi) is 9.33. The second-order valence-electron chi connectivity index (χ2n) is 23.1. The van der Waals surface area contributed by atoms with Crippen LogP contribution in [0.25, 0.3) is 120 Å². The van der Waals surface area contributed by atoms with Crippen molar-refractivity contribution in [3.05, 3.63) is 218 Å². The standard InChI is InChI=1S/C72H54N4O2S2/c1-79(2,3)45-33-29-43(30-34-45)73(61-25-15-21-51-47-17-9-13-27-65(47)77-71(51)61)59-39-37-49-55-41-64-56(42-63(55)75-57-23-11-7-19-53(57)67(59)69(49)75)50-38-40-60(68-54-20-8-12-24-58(54)76(64)70(50)68)74(44-31-35-46(36-32-44)80(4,5)6)62-26-16-22-52-48-18-10-14-28-66(48)78-72(52)62/h7-42H,1-6H3. The van der Waals surface area contributed by atoms with Crippen LogP contribution < -0.4 is 9.80 Å². The molecule has 17 aromatic rings. The Morgan fingerprint density at radius 1 is 0.300 bits per heavy atom. The highest BCUT2D eigenvalue weighted by Gasteiger charge is 2.30. The van der Waals surface area contributed by atoms with E-state index in [4.69, 9.17) is 8.83 Å². The Labute approximate surface area is 464 Å². The summed E-state index contributed by atoms with van der Waals surface area (Å²) in [6, 6.07) is 80.9. The van der Waals surface area contributed by atoms with E-state index < -0.39 is 20.1 Å². The van der Waals surface area contributed by atoms with Gasteiger partial charge in [0.25, 0.3) is 0 Å². The fraction of sp³-hybridized carbons (Fsp3) is 0.0833. The average molecular weight is 1070 g/mol. The molecule has 386 valence electrons. The molecule has 0 fully saturated rings. The molecular weight excluding hydrogens is 1020 g/mol. The Bertz CT molecular complexity index is 5060. The maximum Gasteiger partial charge on any atom is 0.159 e. The summed E-state index contributed by atoms with van der Waals surface area (Å²) in [7, 11) is -1.91. The van der Waals surface area contributed by atoms with Gasteiger partial charge < -0.3 is 27.4 Å². The third-order valence-corrected chi connectivity index (χ3v) is 20.5. The van der Waals surface area contributed by atoms with E-state index >= 15 is 0 Å². The first-order valence-electron chi connectivity index (χ1n) is 27.3. The summed E-state index contributed by atoms with van der Waals surface area (Å²) < 4.78 is 18.8. The molecule has 6 aromatic heterocycles. The molecule has 8 heteroatoms. The lowest BCUT2D eigenvalue weighted by Gasteiger charge is -2.29. The summed E-state index contributed by atoms with van der Waals surface area (Å²) >= 11 is 0. The van der Waals surface area contributed by atoms with Crippen molar-refractivity contribution >= 4 is 174 Å². The molecule has 0 spiro atoms. The molecule has 0 amide bonds. The van der Waals surface area contributed by atoms with Crippen LogP contribution in [0.15, 0.2) is 237 Å². The average Bonchev–Trinajstić information content (AvgIpc) is 4.38. The van der Waals surface area contributed by atoms with Gasteiger partial charge in [0.2, 0.25) is 0 Å². The summed E-state index contributed by atoms with van der Waals surface area (Å²) in [6.45, 7) is 0. The summed E-state index contributed by atoms with van der Waals surface area (Å²) in [4.78, 5) is 7.63. The summed E-state index contributed by atoms with van der Waals surface area (Å²) in [5, 5.41) is 14.2. The molecular formula is C72H54N4O2S2. The zero-order chi connectivity index (χ0) is 53.5. The van der Waals surface area contributed by atoms with E-state index in [1.807, 2.05) is 0 Å². The first kappa shape index (κ1) is 45.9. The van der Waals surface area contributed by atoms with Crippen molar-refractivity contribution in [1.82, 2.24) is 8.80 Å². The van der Waals surface area contributed by atoms with Crippen molar-refractivity contribution in [1.29, 1.82) is 0 Å². The van der Waals surface area contributed by atoms with Crippen molar-refractivity contribution in [2.24, 2.45) is 0 Å². The number of furan rings is 2. The molecule has 0 bridgehead atoms. The van der Waals surface area contributed by atoms with Crippen LogP contribution in [0.5, 0.6) is 0 Å². The number of nitrogens with zero attached hydrogens (tertiary/aromatic N) is 4. The van der Waals surface area contributed by atoms with Gasteiger partial charge in [0.1, 0.15) is 11.2 Å². The number of para-hydroxylation sites is 6. The molecule has 0 atom stereocenters. The summed E-state index contributed by atoms with van der Waals surface area (Å²) in [5.74, 6) is 0. The predicted molar refractivity (Wildman–Crippen MR) is 347 cm³/mol. The van der Waals surface area contributed by atoms with Crippen LogP contribution in [0.3, 0.4) is 0 Å². The Balaban J connectivity index is 0.934. The second-order valence-corrected chi connectivity index (χ2v) is 31.4. The molecule has 0 saturated heterocycles. The lowest BCUT2D eigenvalue weighted by atomic mass is 10.0. The Morgan fingerprint density at radius 2 is 0.675 bits per heavy atom. The number of hydrogen-bond acceptors (Lipinski definition) is 4. The monoisotopic (exact) mass is 1070 g/mol. The zero-order valence-corrected chi connectivity index (χ0v) is 46.8. The zero-order valence-electron chi connectivity index (χ0n) is 45.2. The Hall–Kier alpha value is -9.08. The smallest absolute Gasteiger partial charge is 0.159 e. The Morgan fingerprint density at radius 3 is 1.09 bits per heavy atom. The lowest BCUT2D eigenvalue weighted by Crippen LogP contribution is -2.11. The van der Waals surface area contributed by atoms with Crippen LogP contribution in [-0.2, 0) is 0 Å². The largest absolute Gasteiger partial charge is 0.454 e. The van der Waals surface area contributed by atoms with Gasteiger partial charge in [0, 0.05) is 76.0 Å². The number of anilines is 6. The topological polar surface area (TPSA) is 41.6 Å². The van der Waals surface area contributed by atoms with Gasteiger partial charge in [-0.2, -0.15) is 0 Å². The quantitative estimate of drug-likeness (QED) is 0.152. The van der Waals surface area contributed by atoms with E-state index in [2.05, 4.69) is 275 Å². The van der Waals surface area contributed by atoms with Gasteiger partial charge in [-0.1, -0.05) is 109 Å². The van der Waals surface area contributed by atoms with E-state index in [0.717, 1.165) is 78.0 Å². The fourth-order valence-electron chi connectivity index (χ4n) is 13.5. The number of benzene rings is 11. The summed E-state index contributed by atoms with van der Waals surface area (Å²) in [6.07, 6.45) is 14.2. The maximum atomic E-state index is 6.86. The van der Waals surface area contributed by atoms with Crippen LogP contribution in [0.4, 0.5) is 34.1 Å². The van der Waals surface area contributed by atoms with Crippen molar-refractivity contribution < 1.29 is 8.83 Å². The van der Waals surface area contributed by atoms with E-state index in [1.165, 1.54) is 86.0 Å². The molecule has 6 heterocycles. The maximum absolute atomic E-state index is 6.86. The molecule has 0 aliphatic heterocycles. The predicted octanol–water partition coefficient (Wildman–Crippen LogP) is 20.8. The van der Waals surface area contributed by atoms with E-state index in [-0.39, 0.29) is 0 Å². The van der Waals surface area contributed by atoms with E-state index in [9.17, 15) is 0 Å². The number of fused-ring (bicyclic) bond motifs is 18. The van der Waals surface area contributed by atoms with Crippen molar-refractivity contribution in [2.45, 2.75) is 9.79 Å². The number of aromatic nitrogens is 2. The normalized spacial score (nSPS) is 13.3. The highest BCUT2D eigenvalue weighted by atomic mass is 32.3. The van der Waals surface area contributed by atoms with Crippen LogP contribution in [0, 0.1) is 0 Å². The van der Waals surface area contributed by atoms with Gasteiger partial charge in [-0.05, 0) is 157 Å². The van der Waals surface area contributed by atoms with Crippen LogP contribution in [-0.4, -0.2) is 46.3 Å². The second kappa shape index (κ2) is 16.3. The van der Waals surface area contributed by atoms with Gasteiger partial charge in [-0.15, -0.1) is 0 Å². The van der Waals surface area contributed by atoms with Crippen molar-refractivity contribution in [3.8, 4) is 0 Å². The molecule has 11 aromatic carbocycles. The van der Waals surface area contributed by atoms with E-state index in [0.29, 0.717) is 0 Å². The minimum Gasteiger partial charge on any atom is -0.454 e. The first-order valence-corrected chi connectivity index (χ1v) is 33.0.